The smallest absolute Gasteiger partial charge is 0.305 e. The Balaban J connectivity index is 3.10. The van der Waals surface area contributed by atoms with Gasteiger partial charge in [0.1, 0.15) is 0 Å². The second kappa shape index (κ2) is 11.5. The molecule has 0 saturated heterocycles. The second-order valence-electron chi connectivity index (χ2n) is 3.54. The lowest BCUT2D eigenvalue weighted by molar-refractivity contribution is -0.143. The minimum absolute atomic E-state index is 0.133. The zero-order chi connectivity index (χ0) is 11.4. The number of hydrogen-bond donors (Lipinski definition) is 2. The number of ether oxygens (including phenoxy) is 1. The number of carbonyl (C=O) groups excluding carboxylic acids is 1. The van der Waals surface area contributed by atoms with Crippen molar-refractivity contribution in [2.75, 3.05) is 19.8 Å². The van der Waals surface area contributed by atoms with Gasteiger partial charge >= 0.3 is 5.97 Å². The van der Waals surface area contributed by atoms with Gasteiger partial charge in [0.15, 0.2) is 0 Å². The Labute approximate surface area is 91.3 Å². The maximum absolute atomic E-state index is 11.1. The Morgan fingerprint density at radius 3 is 2.13 bits per heavy atom. The van der Waals surface area contributed by atoms with Gasteiger partial charge in [0.25, 0.3) is 0 Å². The summed E-state index contributed by atoms with van der Waals surface area (Å²) < 4.78 is 4.99. The van der Waals surface area contributed by atoms with Gasteiger partial charge < -0.3 is 14.9 Å². The first kappa shape index (κ1) is 14.4. The van der Waals surface area contributed by atoms with E-state index in [0.29, 0.717) is 25.9 Å². The number of unbranched alkanes of at least 4 members (excludes halogenated alkanes) is 4. The summed E-state index contributed by atoms with van der Waals surface area (Å²) >= 11 is 0. The van der Waals surface area contributed by atoms with E-state index < -0.39 is 0 Å². The van der Waals surface area contributed by atoms with Gasteiger partial charge in [-0.05, 0) is 32.1 Å². The second-order valence-corrected chi connectivity index (χ2v) is 3.54. The summed E-state index contributed by atoms with van der Waals surface area (Å²) in [6.45, 7) is 0.846. The van der Waals surface area contributed by atoms with E-state index in [0.717, 1.165) is 25.7 Å². The van der Waals surface area contributed by atoms with Gasteiger partial charge in [-0.1, -0.05) is 6.42 Å². The fourth-order valence-electron chi connectivity index (χ4n) is 1.21. The van der Waals surface area contributed by atoms with E-state index in [-0.39, 0.29) is 19.2 Å². The third-order valence-corrected chi connectivity index (χ3v) is 2.10. The molecule has 0 unspecified atom stereocenters. The number of aliphatic hydroxyl groups is 2. The van der Waals surface area contributed by atoms with Crippen LogP contribution in [0.4, 0.5) is 0 Å². The average Bonchev–Trinajstić information content (AvgIpc) is 2.23. The van der Waals surface area contributed by atoms with Crippen LogP contribution in [0.1, 0.15) is 44.9 Å². The Kier molecular flexibility index (Phi) is 11.0. The predicted molar refractivity (Wildman–Crippen MR) is 57.4 cm³/mol. The Morgan fingerprint density at radius 2 is 1.47 bits per heavy atom. The van der Waals surface area contributed by atoms with E-state index >= 15 is 0 Å². The Morgan fingerprint density at radius 1 is 0.867 bits per heavy atom. The summed E-state index contributed by atoms with van der Waals surface area (Å²) in [4.78, 5) is 11.1. The van der Waals surface area contributed by atoms with E-state index in [4.69, 9.17) is 14.9 Å². The van der Waals surface area contributed by atoms with Gasteiger partial charge in [-0.2, -0.15) is 0 Å². The highest BCUT2D eigenvalue weighted by Gasteiger charge is 2.01. The molecule has 0 aromatic rings. The molecule has 0 bridgehead atoms. The lowest BCUT2D eigenvalue weighted by Gasteiger charge is -2.04. The van der Waals surface area contributed by atoms with Crippen LogP contribution in [0.25, 0.3) is 0 Å². The molecule has 15 heavy (non-hydrogen) atoms. The van der Waals surface area contributed by atoms with E-state index in [9.17, 15) is 4.79 Å². The van der Waals surface area contributed by atoms with E-state index in [2.05, 4.69) is 0 Å². The highest BCUT2D eigenvalue weighted by molar-refractivity contribution is 5.69. The normalized spacial score (nSPS) is 10.3. The average molecular weight is 218 g/mol. The standard InChI is InChI=1S/C11H22O4/c12-8-4-1-2-6-10-15-11(14)7-3-5-9-13/h12-13H,1-10H2. The number of esters is 1. The summed E-state index contributed by atoms with van der Waals surface area (Å²) in [7, 11) is 0. The largest absolute Gasteiger partial charge is 0.466 e. The molecule has 0 amide bonds. The molecule has 0 aliphatic heterocycles. The van der Waals surface area contributed by atoms with E-state index in [1.807, 2.05) is 0 Å². The zero-order valence-corrected chi connectivity index (χ0v) is 9.28. The lowest BCUT2D eigenvalue weighted by atomic mass is 10.2. The molecule has 4 heteroatoms. The van der Waals surface area contributed by atoms with Crippen molar-refractivity contribution in [2.24, 2.45) is 0 Å². The number of carbonyl (C=O) groups is 1. The fraction of sp³-hybridized carbons (Fsp3) is 0.909. The SMILES string of the molecule is O=C(CCCCO)OCCCCCCO. The van der Waals surface area contributed by atoms with Crippen molar-refractivity contribution in [1.82, 2.24) is 0 Å². The Hall–Kier alpha value is -0.610. The first-order valence-electron chi connectivity index (χ1n) is 5.68. The van der Waals surface area contributed by atoms with Gasteiger partial charge in [-0.25, -0.2) is 0 Å². The van der Waals surface area contributed by atoms with Crippen molar-refractivity contribution in [3.63, 3.8) is 0 Å². The van der Waals surface area contributed by atoms with Crippen LogP contribution in [-0.2, 0) is 9.53 Å². The highest BCUT2D eigenvalue weighted by Crippen LogP contribution is 2.01. The van der Waals surface area contributed by atoms with Crippen LogP contribution in [0.5, 0.6) is 0 Å². The lowest BCUT2D eigenvalue weighted by Crippen LogP contribution is -2.06. The summed E-state index contributed by atoms with van der Waals surface area (Å²) in [6, 6.07) is 0. The summed E-state index contributed by atoms with van der Waals surface area (Å²) in [5.74, 6) is -0.175. The topological polar surface area (TPSA) is 66.8 Å². The van der Waals surface area contributed by atoms with Gasteiger partial charge in [0, 0.05) is 19.6 Å². The van der Waals surface area contributed by atoms with E-state index in [1.54, 1.807) is 0 Å². The van der Waals surface area contributed by atoms with Crippen molar-refractivity contribution >= 4 is 5.97 Å². The zero-order valence-electron chi connectivity index (χ0n) is 9.28. The first-order valence-corrected chi connectivity index (χ1v) is 5.68. The first-order chi connectivity index (χ1) is 7.31. The molecule has 2 N–H and O–H groups in total. The van der Waals surface area contributed by atoms with Gasteiger partial charge in [-0.15, -0.1) is 0 Å². The number of rotatable bonds is 10. The molecular formula is C11H22O4. The van der Waals surface area contributed by atoms with Crippen LogP contribution < -0.4 is 0 Å². The van der Waals surface area contributed by atoms with Crippen molar-refractivity contribution in [3.8, 4) is 0 Å². The number of hydrogen-bond acceptors (Lipinski definition) is 4. The molecule has 0 rings (SSSR count). The predicted octanol–water partition coefficient (Wildman–Crippen LogP) is 1.24. The van der Waals surface area contributed by atoms with Gasteiger partial charge in [0.2, 0.25) is 0 Å². The molecule has 90 valence electrons. The molecule has 0 aromatic heterocycles. The van der Waals surface area contributed by atoms with Crippen LogP contribution in [0.15, 0.2) is 0 Å². The van der Waals surface area contributed by atoms with Crippen LogP contribution in [-0.4, -0.2) is 36.0 Å². The number of aliphatic hydroxyl groups excluding tert-OH is 2. The summed E-state index contributed by atoms with van der Waals surface area (Å²) in [5, 5.41) is 17.0. The third-order valence-electron chi connectivity index (χ3n) is 2.10. The molecule has 0 saturated carbocycles. The molecule has 0 heterocycles. The van der Waals surface area contributed by atoms with Gasteiger partial charge in [0.05, 0.1) is 6.61 Å². The van der Waals surface area contributed by atoms with Crippen molar-refractivity contribution in [1.29, 1.82) is 0 Å². The van der Waals surface area contributed by atoms with Crippen molar-refractivity contribution < 1.29 is 19.7 Å². The summed E-state index contributed by atoms with van der Waals surface area (Å²) in [5.41, 5.74) is 0. The highest BCUT2D eigenvalue weighted by atomic mass is 16.5. The maximum atomic E-state index is 11.1. The van der Waals surface area contributed by atoms with Crippen LogP contribution in [0.3, 0.4) is 0 Å². The molecular weight excluding hydrogens is 196 g/mol. The quantitative estimate of drug-likeness (QED) is 0.428. The molecule has 0 spiro atoms. The molecule has 4 nitrogen and oxygen atoms in total. The van der Waals surface area contributed by atoms with Crippen LogP contribution in [0, 0.1) is 0 Å². The monoisotopic (exact) mass is 218 g/mol. The minimum atomic E-state index is -0.175. The fourth-order valence-corrected chi connectivity index (χ4v) is 1.21. The van der Waals surface area contributed by atoms with Crippen molar-refractivity contribution in [2.45, 2.75) is 44.9 Å². The molecule has 0 aliphatic carbocycles. The summed E-state index contributed by atoms with van der Waals surface area (Å²) in [6.07, 6.45) is 5.42. The molecule has 0 fully saturated rings. The van der Waals surface area contributed by atoms with Crippen molar-refractivity contribution in [3.05, 3.63) is 0 Å². The Bertz CT molecular complexity index is 148. The third kappa shape index (κ3) is 11.3. The van der Waals surface area contributed by atoms with E-state index in [1.165, 1.54) is 0 Å². The minimum Gasteiger partial charge on any atom is -0.466 e. The van der Waals surface area contributed by atoms with Crippen LogP contribution >= 0.6 is 0 Å². The molecule has 0 aliphatic rings. The molecule has 0 atom stereocenters. The van der Waals surface area contributed by atoms with Crippen LogP contribution in [0.2, 0.25) is 0 Å². The van der Waals surface area contributed by atoms with Gasteiger partial charge in [-0.3, -0.25) is 4.79 Å². The molecule has 0 aromatic carbocycles. The molecule has 0 radical (unpaired) electrons. The maximum Gasteiger partial charge on any atom is 0.305 e.